The number of H-pyrrole nitrogens is 1. The molecule has 0 aliphatic carbocycles. The molecule has 4 rings (SSSR count). The fraction of sp³-hybridized carbons (Fsp3) is 0.357. The van der Waals surface area contributed by atoms with Gasteiger partial charge in [-0.25, -0.2) is 9.50 Å². The molecule has 8 nitrogen and oxygen atoms in total. The van der Waals surface area contributed by atoms with Gasteiger partial charge in [0, 0.05) is 18.8 Å². The lowest BCUT2D eigenvalue weighted by Crippen LogP contribution is -2.44. The van der Waals surface area contributed by atoms with E-state index in [9.17, 15) is 5.11 Å². The maximum Gasteiger partial charge on any atom is 0.179 e. The fourth-order valence-electron chi connectivity index (χ4n) is 2.72. The Morgan fingerprint density at radius 2 is 2.36 bits per heavy atom. The summed E-state index contributed by atoms with van der Waals surface area (Å²) in [5.74, 6) is 1.48. The second-order valence-corrected chi connectivity index (χ2v) is 5.35. The number of hydrogen-bond donors (Lipinski definition) is 2. The molecule has 0 unspecified atom stereocenters. The van der Waals surface area contributed by atoms with Crippen LogP contribution in [0.4, 0.5) is 5.82 Å². The van der Waals surface area contributed by atoms with Gasteiger partial charge in [-0.15, -0.1) is 5.10 Å². The van der Waals surface area contributed by atoms with E-state index in [1.165, 1.54) is 0 Å². The lowest BCUT2D eigenvalue weighted by molar-refractivity contribution is 0.0984. The SMILES string of the molecule is C[C@@H]1COCCN1c1cc(O)c2cnc(-c3ccn[nH]3)n2n1. The van der Waals surface area contributed by atoms with Crippen LogP contribution in [-0.4, -0.2) is 55.7 Å². The zero-order chi connectivity index (χ0) is 15.1. The van der Waals surface area contributed by atoms with Crippen LogP contribution in [0, 0.1) is 0 Å². The Hall–Kier alpha value is -2.61. The molecule has 1 aliphatic heterocycles. The Labute approximate surface area is 126 Å². The molecule has 1 saturated heterocycles. The van der Waals surface area contributed by atoms with Crippen LogP contribution in [0.3, 0.4) is 0 Å². The molecule has 114 valence electrons. The van der Waals surface area contributed by atoms with Gasteiger partial charge < -0.3 is 14.7 Å². The van der Waals surface area contributed by atoms with Gasteiger partial charge in [0.05, 0.1) is 25.5 Å². The van der Waals surface area contributed by atoms with E-state index >= 15 is 0 Å². The number of aromatic nitrogens is 5. The molecular formula is C14H16N6O2. The van der Waals surface area contributed by atoms with Crippen molar-refractivity contribution in [1.82, 2.24) is 24.8 Å². The first-order valence-electron chi connectivity index (χ1n) is 7.16. The maximum absolute atomic E-state index is 10.3. The van der Waals surface area contributed by atoms with Gasteiger partial charge in [0.15, 0.2) is 11.6 Å². The zero-order valence-electron chi connectivity index (χ0n) is 12.1. The average molecular weight is 300 g/mol. The number of rotatable bonds is 2. The van der Waals surface area contributed by atoms with Crippen molar-refractivity contribution in [1.29, 1.82) is 0 Å². The van der Waals surface area contributed by atoms with Crippen LogP contribution in [0.5, 0.6) is 5.75 Å². The minimum atomic E-state index is 0.155. The summed E-state index contributed by atoms with van der Waals surface area (Å²) < 4.78 is 7.09. The zero-order valence-corrected chi connectivity index (χ0v) is 12.1. The minimum Gasteiger partial charge on any atom is -0.505 e. The molecule has 0 spiro atoms. The van der Waals surface area contributed by atoms with Gasteiger partial charge in [0.2, 0.25) is 0 Å². The summed E-state index contributed by atoms with van der Waals surface area (Å²) in [7, 11) is 0. The third-order valence-corrected chi connectivity index (χ3v) is 3.87. The Balaban J connectivity index is 1.85. The van der Waals surface area contributed by atoms with Gasteiger partial charge in [0.25, 0.3) is 0 Å². The first-order valence-corrected chi connectivity index (χ1v) is 7.16. The van der Waals surface area contributed by atoms with Crippen molar-refractivity contribution in [2.45, 2.75) is 13.0 Å². The van der Waals surface area contributed by atoms with E-state index in [1.54, 1.807) is 23.0 Å². The van der Waals surface area contributed by atoms with Crippen molar-refractivity contribution in [3.63, 3.8) is 0 Å². The van der Waals surface area contributed by atoms with Crippen molar-refractivity contribution in [2.75, 3.05) is 24.7 Å². The number of nitrogens with one attached hydrogen (secondary N) is 1. The standard InChI is InChI=1S/C14H16N6O2/c1-9-8-22-5-4-19(9)13-6-12(21)11-7-15-14(20(11)18-13)10-2-3-16-17-10/h2-3,6-7,9,21H,4-5,8H2,1H3,(H,16,17)/t9-/m1/s1. The number of fused-ring (bicyclic) bond motifs is 1. The quantitative estimate of drug-likeness (QED) is 0.735. The second kappa shape index (κ2) is 4.99. The van der Waals surface area contributed by atoms with Crippen LogP contribution >= 0.6 is 0 Å². The highest BCUT2D eigenvalue weighted by molar-refractivity contribution is 5.67. The van der Waals surface area contributed by atoms with Crippen molar-refractivity contribution < 1.29 is 9.84 Å². The monoisotopic (exact) mass is 300 g/mol. The Bertz CT molecular complexity index is 797. The third-order valence-electron chi connectivity index (χ3n) is 3.87. The molecule has 2 N–H and O–H groups in total. The number of hydrogen-bond acceptors (Lipinski definition) is 6. The van der Waals surface area contributed by atoms with Crippen molar-refractivity contribution in [3.8, 4) is 17.3 Å². The predicted molar refractivity (Wildman–Crippen MR) is 79.9 cm³/mol. The van der Waals surface area contributed by atoms with Gasteiger partial charge in [-0.05, 0) is 13.0 Å². The number of aromatic amines is 1. The molecule has 0 bridgehead atoms. The highest BCUT2D eigenvalue weighted by atomic mass is 16.5. The molecule has 0 radical (unpaired) electrons. The average Bonchev–Trinajstić information content (AvgIpc) is 3.16. The van der Waals surface area contributed by atoms with Crippen LogP contribution in [0.2, 0.25) is 0 Å². The lowest BCUT2D eigenvalue weighted by Gasteiger charge is -2.34. The van der Waals surface area contributed by atoms with E-state index in [2.05, 4.69) is 32.1 Å². The molecule has 1 fully saturated rings. The number of morpholine rings is 1. The molecule has 22 heavy (non-hydrogen) atoms. The van der Waals surface area contributed by atoms with Gasteiger partial charge in [-0.3, -0.25) is 5.10 Å². The summed E-state index contributed by atoms with van der Waals surface area (Å²) >= 11 is 0. The molecule has 1 atom stereocenters. The van der Waals surface area contributed by atoms with Gasteiger partial charge in [-0.1, -0.05) is 0 Å². The maximum atomic E-state index is 10.3. The van der Waals surface area contributed by atoms with E-state index in [-0.39, 0.29) is 11.8 Å². The third kappa shape index (κ3) is 2.00. The van der Waals surface area contributed by atoms with E-state index in [1.807, 2.05) is 6.07 Å². The Morgan fingerprint density at radius 3 is 3.14 bits per heavy atom. The molecule has 0 aromatic carbocycles. The van der Waals surface area contributed by atoms with Gasteiger partial charge in [-0.2, -0.15) is 5.10 Å². The summed E-state index contributed by atoms with van der Waals surface area (Å²) in [6.07, 6.45) is 3.26. The molecule has 0 saturated carbocycles. The van der Waals surface area contributed by atoms with E-state index < -0.39 is 0 Å². The number of imidazole rings is 1. The topological polar surface area (TPSA) is 91.6 Å². The summed E-state index contributed by atoms with van der Waals surface area (Å²) in [6, 6.07) is 3.70. The van der Waals surface area contributed by atoms with Crippen molar-refractivity contribution in [2.24, 2.45) is 0 Å². The number of anilines is 1. The number of aromatic hydroxyl groups is 1. The highest BCUT2D eigenvalue weighted by Crippen LogP contribution is 2.28. The smallest absolute Gasteiger partial charge is 0.179 e. The number of ether oxygens (including phenoxy) is 1. The Morgan fingerprint density at radius 1 is 1.45 bits per heavy atom. The summed E-state index contributed by atoms with van der Waals surface area (Å²) in [4.78, 5) is 6.45. The summed E-state index contributed by atoms with van der Waals surface area (Å²) in [5.41, 5.74) is 1.31. The van der Waals surface area contributed by atoms with Crippen LogP contribution < -0.4 is 4.90 Å². The first kappa shape index (κ1) is 13.1. The summed E-state index contributed by atoms with van der Waals surface area (Å²) in [5, 5.41) is 21.7. The molecule has 3 aromatic rings. The van der Waals surface area contributed by atoms with Crippen molar-refractivity contribution in [3.05, 3.63) is 24.5 Å². The molecule has 3 aromatic heterocycles. The second-order valence-electron chi connectivity index (χ2n) is 5.35. The molecule has 0 amide bonds. The fourth-order valence-corrected chi connectivity index (χ4v) is 2.72. The van der Waals surface area contributed by atoms with E-state index in [0.29, 0.717) is 30.4 Å². The largest absolute Gasteiger partial charge is 0.505 e. The molecule has 4 heterocycles. The normalized spacial score (nSPS) is 19.0. The predicted octanol–water partition coefficient (Wildman–Crippen LogP) is 1.05. The first-order chi connectivity index (χ1) is 10.7. The van der Waals surface area contributed by atoms with Gasteiger partial charge >= 0.3 is 0 Å². The molecule has 8 heteroatoms. The lowest BCUT2D eigenvalue weighted by atomic mass is 10.2. The van der Waals surface area contributed by atoms with Crippen molar-refractivity contribution >= 4 is 11.3 Å². The Kier molecular flexibility index (Phi) is 2.97. The number of nitrogens with zero attached hydrogens (tertiary/aromatic N) is 5. The van der Waals surface area contributed by atoms with Gasteiger partial charge in [0.1, 0.15) is 17.0 Å². The van der Waals surface area contributed by atoms with Crippen LogP contribution in [0.25, 0.3) is 17.0 Å². The molecule has 1 aliphatic rings. The summed E-state index contributed by atoms with van der Waals surface area (Å²) in [6.45, 7) is 4.12. The minimum absolute atomic E-state index is 0.155. The van der Waals surface area contributed by atoms with E-state index in [4.69, 9.17) is 4.74 Å². The van der Waals surface area contributed by atoms with Crippen LogP contribution in [-0.2, 0) is 4.74 Å². The van der Waals surface area contributed by atoms with E-state index in [0.717, 1.165) is 12.2 Å². The van der Waals surface area contributed by atoms with Crippen LogP contribution in [0.1, 0.15) is 6.92 Å². The van der Waals surface area contributed by atoms with Crippen LogP contribution in [0.15, 0.2) is 24.5 Å². The molecular weight excluding hydrogens is 284 g/mol. The highest BCUT2D eigenvalue weighted by Gasteiger charge is 2.22.